The lowest BCUT2D eigenvalue weighted by Crippen LogP contribution is -2.34. The molecule has 1 unspecified atom stereocenters. The predicted molar refractivity (Wildman–Crippen MR) is 84.2 cm³/mol. The highest BCUT2D eigenvalue weighted by Crippen LogP contribution is 2.22. The van der Waals surface area contributed by atoms with E-state index in [4.69, 9.17) is 11.5 Å². The topological polar surface area (TPSA) is 144 Å². The van der Waals surface area contributed by atoms with Crippen LogP contribution in [0.5, 0.6) is 0 Å². The molecule has 0 bridgehead atoms. The number of carbonyl (C=O) groups is 2. The Morgan fingerprint density at radius 2 is 1.75 bits per heavy atom. The molecular weight excluding hydrogens is 334 g/mol. The van der Waals surface area contributed by atoms with Crippen molar-refractivity contribution in [2.75, 3.05) is 0 Å². The molecule has 1 heterocycles. The van der Waals surface area contributed by atoms with Gasteiger partial charge in [-0.1, -0.05) is 18.2 Å². The van der Waals surface area contributed by atoms with Crippen LogP contribution in [0.25, 0.3) is 0 Å². The summed E-state index contributed by atoms with van der Waals surface area (Å²) >= 11 is 0. The van der Waals surface area contributed by atoms with Crippen molar-refractivity contribution < 1.29 is 27.1 Å². The van der Waals surface area contributed by atoms with Gasteiger partial charge >= 0.3 is 0 Å². The summed E-state index contributed by atoms with van der Waals surface area (Å²) in [6, 6.07) is 9.25. The van der Waals surface area contributed by atoms with Gasteiger partial charge in [0.25, 0.3) is 10.1 Å². The molecule has 0 aliphatic rings. The van der Waals surface area contributed by atoms with Crippen molar-refractivity contribution >= 4 is 21.9 Å². The van der Waals surface area contributed by atoms with Crippen molar-refractivity contribution in [2.45, 2.75) is 11.8 Å². The lowest BCUT2D eigenvalue weighted by atomic mass is 10.1. The molecule has 0 saturated heterocycles. The highest BCUT2D eigenvalue weighted by Gasteiger charge is 2.31. The van der Waals surface area contributed by atoms with Crippen molar-refractivity contribution in [1.82, 2.24) is 0 Å². The Bertz CT molecular complexity index is 878. The van der Waals surface area contributed by atoms with Gasteiger partial charge in [0.05, 0.1) is 5.56 Å². The van der Waals surface area contributed by atoms with Crippen molar-refractivity contribution in [3.8, 4) is 0 Å². The van der Waals surface area contributed by atoms with Crippen LogP contribution in [0.4, 0.5) is 0 Å². The van der Waals surface area contributed by atoms with Crippen LogP contribution in [0.3, 0.4) is 0 Å². The Balaban J connectivity index is 2.30. The number of amides is 2. The van der Waals surface area contributed by atoms with Crippen molar-refractivity contribution in [3.63, 3.8) is 0 Å². The van der Waals surface area contributed by atoms with E-state index in [-0.39, 0.29) is 5.56 Å². The summed E-state index contributed by atoms with van der Waals surface area (Å²) in [5.74, 6) is -1.70. The fourth-order valence-corrected chi connectivity index (χ4v) is 3.06. The van der Waals surface area contributed by atoms with Crippen LogP contribution in [0, 0.1) is 0 Å². The zero-order valence-electron chi connectivity index (χ0n) is 12.5. The minimum Gasteiger partial charge on any atom is -0.368 e. The minimum atomic E-state index is -4.65. The van der Waals surface area contributed by atoms with Crippen LogP contribution in [-0.2, 0) is 21.5 Å². The standard InChI is InChI=1S/C15H15N3O5S/c16-14(19)11-4-6-18(7-5-11)9-10-2-1-3-12(8-10)13(15(17)20)24(21,22)23/h1-8,13H,9H2,(H4-,16,17,19,20,21,22,23)/p+1. The van der Waals surface area contributed by atoms with Crippen LogP contribution in [-0.4, -0.2) is 24.8 Å². The second-order valence-electron chi connectivity index (χ2n) is 5.17. The number of nitrogens with two attached hydrogens (primary N) is 2. The van der Waals surface area contributed by atoms with E-state index in [0.717, 1.165) is 0 Å². The van der Waals surface area contributed by atoms with Crippen LogP contribution in [0.15, 0.2) is 48.8 Å². The zero-order chi connectivity index (χ0) is 17.9. The van der Waals surface area contributed by atoms with E-state index in [1.165, 1.54) is 12.1 Å². The minimum absolute atomic E-state index is 0.0804. The second kappa shape index (κ2) is 6.77. The largest absolute Gasteiger partial charge is 0.368 e. The van der Waals surface area contributed by atoms with Gasteiger partial charge in [0.1, 0.15) is 0 Å². The van der Waals surface area contributed by atoms with Crippen LogP contribution in [0.2, 0.25) is 0 Å². The van der Waals surface area contributed by atoms with E-state index in [1.54, 1.807) is 41.2 Å². The number of hydrogen-bond acceptors (Lipinski definition) is 4. The molecule has 2 aromatic rings. The normalized spacial score (nSPS) is 12.5. The number of aromatic nitrogens is 1. The van der Waals surface area contributed by atoms with Crippen molar-refractivity contribution in [1.29, 1.82) is 0 Å². The van der Waals surface area contributed by atoms with E-state index in [9.17, 15) is 22.6 Å². The number of carbonyl (C=O) groups excluding carboxylic acids is 2. The lowest BCUT2D eigenvalue weighted by Gasteiger charge is -2.11. The van der Waals surface area contributed by atoms with E-state index in [2.05, 4.69) is 0 Å². The molecule has 0 spiro atoms. The van der Waals surface area contributed by atoms with E-state index in [0.29, 0.717) is 17.7 Å². The first-order valence-corrected chi connectivity index (χ1v) is 8.32. The first-order valence-electron chi connectivity index (χ1n) is 6.82. The molecule has 8 nitrogen and oxygen atoms in total. The first-order chi connectivity index (χ1) is 11.2. The van der Waals surface area contributed by atoms with Gasteiger partial charge in [-0.05, 0) is 11.6 Å². The third kappa shape index (κ3) is 4.15. The van der Waals surface area contributed by atoms with Gasteiger partial charge in [-0.25, -0.2) is 4.57 Å². The fraction of sp³-hybridized carbons (Fsp3) is 0.133. The Morgan fingerprint density at radius 1 is 1.12 bits per heavy atom. The molecule has 0 aliphatic heterocycles. The summed E-state index contributed by atoms with van der Waals surface area (Å²) in [5.41, 5.74) is 11.4. The molecule has 1 atom stereocenters. The summed E-state index contributed by atoms with van der Waals surface area (Å²) in [4.78, 5) is 22.4. The van der Waals surface area contributed by atoms with Gasteiger partial charge in [0, 0.05) is 17.7 Å². The lowest BCUT2D eigenvalue weighted by molar-refractivity contribution is -0.688. The van der Waals surface area contributed by atoms with Gasteiger partial charge in [-0.15, -0.1) is 0 Å². The molecule has 1 aromatic heterocycles. The maximum Gasteiger partial charge on any atom is 0.281 e. The first kappa shape index (κ1) is 17.6. The van der Waals surface area contributed by atoms with E-state index in [1.807, 2.05) is 0 Å². The molecule has 2 rings (SSSR count). The summed E-state index contributed by atoms with van der Waals surface area (Å²) < 4.78 is 33.6. The predicted octanol–water partition coefficient (Wildman–Crippen LogP) is -0.464. The molecule has 126 valence electrons. The van der Waals surface area contributed by atoms with Gasteiger partial charge in [-0.3, -0.25) is 14.1 Å². The molecule has 0 aliphatic carbocycles. The van der Waals surface area contributed by atoms with Gasteiger partial charge in [-0.2, -0.15) is 8.42 Å². The second-order valence-corrected chi connectivity index (χ2v) is 6.67. The highest BCUT2D eigenvalue weighted by molar-refractivity contribution is 7.86. The molecule has 24 heavy (non-hydrogen) atoms. The highest BCUT2D eigenvalue weighted by atomic mass is 32.2. The van der Waals surface area contributed by atoms with Crippen LogP contribution < -0.4 is 16.0 Å². The Labute approximate surface area is 138 Å². The summed E-state index contributed by atoms with van der Waals surface area (Å²) in [6.45, 7) is 0.351. The molecule has 2 amide bonds. The van der Waals surface area contributed by atoms with Crippen molar-refractivity contribution in [3.05, 3.63) is 65.5 Å². The van der Waals surface area contributed by atoms with Gasteiger partial charge in [0.15, 0.2) is 24.2 Å². The monoisotopic (exact) mass is 350 g/mol. The molecule has 0 radical (unpaired) electrons. The van der Waals surface area contributed by atoms with Gasteiger partial charge < -0.3 is 11.5 Å². The Hall–Kier alpha value is -2.78. The average molecular weight is 350 g/mol. The molecule has 0 saturated carbocycles. The summed E-state index contributed by atoms with van der Waals surface area (Å²) in [7, 11) is -4.65. The van der Waals surface area contributed by atoms with Crippen LogP contribution >= 0.6 is 0 Å². The van der Waals surface area contributed by atoms with Gasteiger partial charge in [0.2, 0.25) is 11.8 Å². The molecule has 9 heteroatoms. The SMILES string of the molecule is NC(=O)c1cc[n+](Cc2cccc(C(C(N)=O)S(=O)(=O)O)c2)cc1. The van der Waals surface area contributed by atoms with E-state index < -0.39 is 27.2 Å². The smallest absolute Gasteiger partial charge is 0.281 e. The molecule has 5 N–H and O–H groups in total. The van der Waals surface area contributed by atoms with Crippen molar-refractivity contribution in [2.24, 2.45) is 11.5 Å². The number of rotatable bonds is 6. The third-order valence-corrected chi connectivity index (χ3v) is 4.45. The summed E-state index contributed by atoms with van der Waals surface area (Å²) in [5, 5.41) is -1.82. The molecule has 0 fully saturated rings. The number of hydrogen-bond donors (Lipinski definition) is 3. The number of primary amides is 2. The third-order valence-electron chi connectivity index (χ3n) is 3.35. The maximum atomic E-state index is 11.4. The number of pyridine rings is 1. The number of nitrogens with zero attached hydrogens (tertiary/aromatic N) is 1. The average Bonchev–Trinajstić information content (AvgIpc) is 2.46. The Kier molecular flexibility index (Phi) is 4.96. The zero-order valence-corrected chi connectivity index (χ0v) is 13.3. The summed E-state index contributed by atoms with van der Waals surface area (Å²) in [6.07, 6.45) is 3.28. The molecule has 1 aromatic carbocycles. The van der Waals surface area contributed by atoms with E-state index >= 15 is 0 Å². The van der Waals surface area contributed by atoms with Crippen LogP contribution in [0.1, 0.15) is 26.7 Å². The molecular formula is C15H16N3O5S+. The fourth-order valence-electron chi connectivity index (χ4n) is 2.28. The maximum absolute atomic E-state index is 11.4. The Morgan fingerprint density at radius 3 is 2.25 bits per heavy atom. The quantitative estimate of drug-likeness (QED) is 0.477. The number of benzene rings is 1.